The summed E-state index contributed by atoms with van der Waals surface area (Å²) in [7, 11) is 1.81. The molecule has 0 saturated heterocycles. The number of aliphatic hydroxyl groups is 1. The molecule has 1 saturated carbocycles. The summed E-state index contributed by atoms with van der Waals surface area (Å²) in [6.07, 6.45) is 10.5. The summed E-state index contributed by atoms with van der Waals surface area (Å²) in [6, 6.07) is 13.9. The van der Waals surface area contributed by atoms with Gasteiger partial charge >= 0.3 is 0 Å². The van der Waals surface area contributed by atoms with Crippen LogP contribution in [0.15, 0.2) is 54.9 Å². The molecule has 0 radical (unpaired) electrons. The second-order valence-electron chi connectivity index (χ2n) is 8.56. The Morgan fingerprint density at radius 3 is 2.62 bits per heavy atom. The third-order valence-corrected chi connectivity index (χ3v) is 5.95. The molecule has 2 heterocycles. The zero-order valence-electron chi connectivity index (χ0n) is 18.7. The summed E-state index contributed by atoms with van der Waals surface area (Å²) in [4.78, 5) is 13.9. The average molecular weight is 433 g/mol. The smallest absolute Gasteiger partial charge is 0.160 e. The van der Waals surface area contributed by atoms with Crippen LogP contribution in [0.2, 0.25) is 0 Å². The largest absolute Gasteiger partial charge is 0.491 e. The molecule has 1 aliphatic carbocycles. The first-order chi connectivity index (χ1) is 15.7. The van der Waals surface area contributed by atoms with E-state index in [1.165, 1.54) is 32.1 Å². The van der Waals surface area contributed by atoms with Crippen LogP contribution in [-0.2, 0) is 6.42 Å². The molecule has 1 fully saturated rings. The molecule has 3 aromatic rings. The van der Waals surface area contributed by atoms with Gasteiger partial charge in [-0.25, -0.2) is 9.97 Å². The van der Waals surface area contributed by atoms with Crippen molar-refractivity contribution in [2.75, 3.05) is 20.2 Å². The normalized spacial score (nSPS) is 15.4. The highest BCUT2D eigenvalue weighted by Crippen LogP contribution is 2.30. The summed E-state index contributed by atoms with van der Waals surface area (Å²) in [6.45, 7) is 0.731. The topological polar surface area (TPSA) is 80.2 Å². The highest BCUT2D eigenvalue weighted by molar-refractivity contribution is 5.65. The second-order valence-corrected chi connectivity index (χ2v) is 8.56. The van der Waals surface area contributed by atoms with Crippen molar-refractivity contribution in [2.24, 2.45) is 5.92 Å². The molecule has 1 unspecified atom stereocenters. The molecule has 6 nitrogen and oxygen atoms in total. The Labute approximate surface area is 190 Å². The number of rotatable bonds is 9. The molecule has 0 bridgehead atoms. The predicted molar refractivity (Wildman–Crippen MR) is 126 cm³/mol. The van der Waals surface area contributed by atoms with Gasteiger partial charge in [0.2, 0.25) is 0 Å². The van der Waals surface area contributed by atoms with Gasteiger partial charge in [0, 0.05) is 35.8 Å². The minimum atomic E-state index is -0.553. The summed E-state index contributed by atoms with van der Waals surface area (Å²) < 4.78 is 5.81. The molecule has 2 N–H and O–H groups in total. The predicted octanol–water partition coefficient (Wildman–Crippen LogP) is 4.29. The van der Waals surface area contributed by atoms with Gasteiger partial charge < -0.3 is 15.2 Å². The molecule has 4 rings (SSSR count). The first kappa shape index (κ1) is 22.4. The Morgan fingerprint density at radius 2 is 1.84 bits per heavy atom. The van der Waals surface area contributed by atoms with Crippen LogP contribution in [0.5, 0.6) is 5.75 Å². The molecular formula is C26H32N4O2. The Balaban J connectivity index is 1.62. The van der Waals surface area contributed by atoms with Crippen molar-refractivity contribution in [3.8, 4) is 28.4 Å². The van der Waals surface area contributed by atoms with Crippen molar-refractivity contribution in [2.45, 2.75) is 44.6 Å². The van der Waals surface area contributed by atoms with Gasteiger partial charge in [0.1, 0.15) is 18.5 Å². The van der Waals surface area contributed by atoms with Crippen LogP contribution in [0.1, 0.15) is 37.8 Å². The fraction of sp³-hybridized carbons (Fsp3) is 0.423. The van der Waals surface area contributed by atoms with Crippen molar-refractivity contribution >= 4 is 0 Å². The van der Waals surface area contributed by atoms with Crippen LogP contribution >= 0.6 is 0 Å². The van der Waals surface area contributed by atoms with Gasteiger partial charge in [-0.1, -0.05) is 44.2 Å². The lowest BCUT2D eigenvalue weighted by atomic mass is 9.86. The Morgan fingerprint density at radius 1 is 1.03 bits per heavy atom. The van der Waals surface area contributed by atoms with E-state index in [9.17, 15) is 5.11 Å². The maximum absolute atomic E-state index is 9.94. The van der Waals surface area contributed by atoms with E-state index in [4.69, 9.17) is 14.7 Å². The van der Waals surface area contributed by atoms with E-state index in [2.05, 4.69) is 16.4 Å². The molecule has 2 aromatic heterocycles. The fourth-order valence-corrected chi connectivity index (χ4v) is 4.30. The molecule has 1 aliphatic rings. The minimum Gasteiger partial charge on any atom is -0.491 e. The number of likely N-dealkylation sites (N-methyl/N-ethyl adjacent to an activating group) is 1. The van der Waals surface area contributed by atoms with Gasteiger partial charge in [0.25, 0.3) is 0 Å². The number of benzene rings is 1. The van der Waals surface area contributed by atoms with E-state index in [0.29, 0.717) is 12.5 Å². The van der Waals surface area contributed by atoms with Gasteiger partial charge in [0.05, 0.1) is 5.69 Å². The highest BCUT2D eigenvalue weighted by Gasteiger charge is 2.17. The maximum Gasteiger partial charge on any atom is 0.160 e. The third-order valence-electron chi connectivity index (χ3n) is 5.95. The Hall–Kier alpha value is -2.83. The maximum atomic E-state index is 9.94. The average Bonchev–Trinajstić information content (AvgIpc) is 2.84. The van der Waals surface area contributed by atoms with Crippen molar-refractivity contribution in [3.63, 3.8) is 0 Å². The van der Waals surface area contributed by atoms with Crippen LogP contribution in [-0.4, -0.2) is 46.4 Å². The zero-order valence-corrected chi connectivity index (χ0v) is 18.7. The number of pyridine rings is 1. The lowest BCUT2D eigenvalue weighted by molar-refractivity contribution is 0.108. The van der Waals surface area contributed by atoms with E-state index < -0.39 is 6.10 Å². The van der Waals surface area contributed by atoms with E-state index in [0.717, 1.165) is 40.5 Å². The first-order valence-electron chi connectivity index (χ1n) is 11.6. The Bertz CT molecular complexity index is 990. The van der Waals surface area contributed by atoms with Crippen molar-refractivity contribution in [3.05, 3.63) is 60.6 Å². The lowest BCUT2D eigenvalue weighted by Gasteiger charge is -2.21. The second kappa shape index (κ2) is 11.2. The lowest BCUT2D eigenvalue weighted by Crippen LogP contribution is -2.29. The van der Waals surface area contributed by atoms with Crippen LogP contribution in [0, 0.1) is 5.92 Å². The quantitative estimate of drug-likeness (QED) is 0.525. The third kappa shape index (κ3) is 6.11. The van der Waals surface area contributed by atoms with E-state index in [1.807, 2.05) is 43.4 Å². The van der Waals surface area contributed by atoms with Gasteiger partial charge in [-0.2, -0.15) is 0 Å². The van der Waals surface area contributed by atoms with Crippen LogP contribution in [0.4, 0.5) is 0 Å². The summed E-state index contributed by atoms with van der Waals surface area (Å²) >= 11 is 0. The molecule has 32 heavy (non-hydrogen) atoms. The first-order valence-corrected chi connectivity index (χ1v) is 11.6. The van der Waals surface area contributed by atoms with Crippen LogP contribution in [0.25, 0.3) is 22.6 Å². The standard InChI is InChI=1S/C26H32N4O2/c1-27-17-23(31)18-32-24-9-5-8-21(15-24)25-16-22(14-19-6-3-2-4-7-19)29-26(30-25)20-10-12-28-13-11-20/h5,8-13,15-16,19,23,27,31H,2-4,6-7,14,17-18H2,1H3. The molecule has 0 spiro atoms. The molecule has 6 heteroatoms. The molecule has 1 aromatic carbocycles. The van der Waals surface area contributed by atoms with Crippen molar-refractivity contribution < 1.29 is 9.84 Å². The SMILES string of the molecule is CNCC(O)COc1cccc(-c2cc(CC3CCCCC3)nc(-c3ccncc3)n2)c1. The number of aliphatic hydroxyl groups excluding tert-OH is 1. The fourth-order valence-electron chi connectivity index (χ4n) is 4.30. The molecule has 0 amide bonds. The Kier molecular flexibility index (Phi) is 7.80. The van der Waals surface area contributed by atoms with Crippen LogP contribution in [0.3, 0.4) is 0 Å². The summed E-state index contributed by atoms with van der Waals surface area (Å²) in [5, 5.41) is 12.9. The molecule has 1 atom stereocenters. The van der Waals surface area contributed by atoms with E-state index in [1.54, 1.807) is 12.4 Å². The monoisotopic (exact) mass is 432 g/mol. The van der Waals surface area contributed by atoms with E-state index >= 15 is 0 Å². The highest BCUT2D eigenvalue weighted by atomic mass is 16.5. The van der Waals surface area contributed by atoms with Gasteiger partial charge in [-0.15, -0.1) is 0 Å². The number of hydrogen-bond acceptors (Lipinski definition) is 6. The van der Waals surface area contributed by atoms with Crippen molar-refractivity contribution in [1.82, 2.24) is 20.3 Å². The molecule has 0 aliphatic heterocycles. The van der Waals surface area contributed by atoms with Crippen molar-refractivity contribution in [1.29, 1.82) is 0 Å². The number of aromatic nitrogens is 3. The van der Waals surface area contributed by atoms with Gasteiger partial charge in [-0.3, -0.25) is 4.98 Å². The number of nitrogens with zero attached hydrogens (tertiary/aromatic N) is 3. The zero-order chi connectivity index (χ0) is 22.2. The van der Waals surface area contributed by atoms with Crippen LogP contribution < -0.4 is 10.1 Å². The van der Waals surface area contributed by atoms with Gasteiger partial charge in [0.15, 0.2) is 5.82 Å². The number of ether oxygens (including phenoxy) is 1. The summed E-state index contributed by atoms with van der Waals surface area (Å²) in [5.74, 6) is 2.14. The molecular weight excluding hydrogens is 400 g/mol. The molecule has 168 valence electrons. The minimum absolute atomic E-state index is 0.239. The number of hydrogen-bond donors (Lipinski definition) is 2. The summed E-state index contributed by atoms with van der Waals surface area (Å²) in [5.41, 5.74) is 3.92. The number of nitrogens with one attached hydrogen (secondary N) is 1. The van der Waals surface area contributed by atoms with E-state index in [-0.39, 0.29) is 6.61 Å². The van der Waals surface area contributed by atoms with Gasteiger partial charge in [-0.05, 0) is 49.7 Å².